The van der Waals surface area contributed by atoms with Crippen LogP contribution in [0, 0.1) is 0 Å². The molecule has 2 rings (SSSR count). The number of amides is 1. The van der Waals surface area contributed by atoms with Crippen LogP contribution in [0.4, 0.5) is 0 Å². The van der Waals surface area contributed by atoms with E-state index in [1.165, 1.54) is 0 Å². The Morgan fingerprint density at radius 3 is 3.38 bits per heavy atom. The number of nitrogens with one attached hydrogen (secondary N) is 1. The van der Waals surface area contributed by atoms with Crippen molar-refractivity contribution in [3.8, 4) is 0 Å². The summed E-state index contributed by atoms with van der Waals surface area (Å²) in [6.07, 6.45) is 1.27. The van der Waals surface area contributed by atoms with Crippen molar-refractivity contribution >= 4 is 22.8 Å². The van der Waals surface area contributed by atoms with Gasteiger partial charge in [0.1, 0.15) is 0 Å². The van der Waals surface area contributed by atoms with E-state index in [4.69, 9.17) is 5.73 Å². The maximum atomic E-state index is 11.6. The van der Waals surface area contributed by atoms with Gasteiger partial charge in [-0.1, -0.05) is 11.8 Å². The van der Waals surface area contributed by atoms with Crippen LogP contribution in [-0.2, 0) is 4.79 Å². The Labute approximate surface area is 99.2 Å². The summed E-state index contributed by atoms with van der Waals surface area (Å²) in [7, 11) is 0. The second kappa shape index (κ2) is 5.36. The van der Waals surface area contributed by atoms with Crippen LogP contribution >= 0.6 is 11.8 Å². The molecule has 88 valence electrons. The smallest absolute Gasteiger partial charge is 0.225 e. The second-order valence-electron chi connectivity index (χ2n) is 3.71. The molecule has 2 heterocycles. The van der Waals surface area contributed by atoms with E-state index in [1.807, 2.05) is 5.41 Å². The molecule has 0 aromatic heterocycles. The fourth-order valence-corrected chi connectivity index (χ4v) is 2.63. The monoisotopic (exact) mass is 240 g/mol. The molecule has 0 unspecified atom stereocenters. The number of hydrogen-bond donors (Lipinski definition) is 2. The SMILES string of the molecule is NCCCNC(=O)CC1=CSC2=NCCN12. The molecule has 1 amide bonds. The minimum atomic E-state index is 0.0634. The third-order valence-corrected chi connectivity index (χ3v) is 3.44. The van der Waals surface area contributed by atoms with Gasteiger partial charge in [-0.05, 0) is 18.4 Å². The normalized spacial score (nSPS) is 18.2. The highest BCUT2D eigenvalue weighted by Gasteiger charge is 2.27. The van der Waals surface area contributed by atoms with Crippen LogP contribution in [0.2, 0.25) is 0 Å². The topological polar surface area (TPSA) is 70.7 Å². The maximum Gasteiger partial charge on any atom is 0.225 e. The van der Waals surface area contributed by atoms with Crippen LogP contribution in [0.15, 0.2) is 16.1 Å². The predicted octanol–water partition coefficient (Wildman–Crippen LogP) is 0.101. The van der Waals surface area contributed by atoms with E-state index in [0.717, 1.165) is 30.4 Å². The van der Waals surface area contributed by atoms with Crippen molar-refractivity contribution in [1.29, 1.82) is 0 Å². The molecule has 16 heavy (non-hydrogen) atoms. The Morgan fingerprint density at radius 1 is 1.69 bits per heavy atom. The quantitative estimate of drug-likeness (QED) is 0.669. The summed E-state index contributed by atoms with van der Waals surface area (Å²) in [5.74, 6) is 0.0634. The Hall–Kier alpha value is -1.01. The van der Waals surface area contributed by atoms with Crippen LogP contribution in [0.3, 0.4) is 0 Å². The molecule has 0 saturated heterocycles. The molecule has 5 nitrogen and oxygen atoms in total. The molecule has 6 heteroatoms. The van der Waals surface area contributed by atoms with E-state index in [1.54, 1.807) is 11.8 Å². The lowest BCUT2D eigenvalue weighted by Crippen LogP contribution is -2.29. The molecule has 0 aliphatic carbocycles. The Bertz CT molecular complexity index is 340. The summed E-state index contributed by atoms with van der Waals surface area (Å²) < 4.78 is 0. The predicted molar refractivity (Wildman–Crippen MR) is 66.0 cm³/mol. The lowest BCUT2D eigenvalue weighted by Gasteiger charge is -2.15. The van der Waals surface area contributed by atoms with E-state index < -0.39 is 0 Å². The van der Waals surface area contributed by atoms with Gasteiger partial charge in [-0.15, -0.1) is 0 Å². The third-order valence-electron chi connectivity index (χ3n) is 2.49. The van der Waals surface area contributed by atoms with Crippen molar-refractivity contribution in [2.75, 3.05) is 26.2 Å². The van der Waals surface area contributed by atoms with Crippen LogP contribution < -0.4 is 11.1 Å². The molecule has 3 N–H and O–H groups in total. The van der Waals surface area contributed by atoms with E-state index in [2.05, 4.69) is 15.2 Å². The van der Waals surface area contributed by atoms with Crippen LogP contribution in [0.5, 0.6) is 0 Å². The molecule has 0 aromatic rings. The van der Waals surface area contributed by atoms with Gasteiger partial charge >= 0.3 is 0 Å². The largest absolute Gasteiger partial charge is 0.356 e. The molecular formula is C10H16N4OS. The summed E-state index contributed by atoms with van der Waals surface area (Å²) >= 11 is 1.61. The van der Waals surface area contributed by atoms with Gasteiger partial charge in [0.05, 0.1) is 13.0 Å². The second-order valence-corrected chi connectivity index (χ2v) is 4.55. The van der Waals surface area contributed by atoms with Gasteiger partial charge in [-0.2, -0.15) is 0 Å². The van der Waals surface area contributed by atoms with Gasteiger partial charge < -0.3 is 16.0 Å². The van der Waals surface area contributed by atoms with E-state index in [0.29, 0.717) is 19.5 Å². The van der Waals surface area contributed by atoms with Crippen molar-refractivity contribution in [3.05, 3.63) is 11.1 Å². The zero-order valence-corrected chi connectivity index (χ0v) is 9.92. The number of nitrogens with two attached hydrogens (primary N) is 1. The van der Waals surface area contributed by atoms with Gasteiger partial charge in [-0.25, -0.2) is 0 Å². The summed E-state index contributed by atoms with van der Waals surface area (Å²) in [4.78, 5) is 18.0. The summed E-state index contributed by atoms with van der Waals surface area (Å²) in [5, 5.41) is 5.90. The molecule has 0 atom stereocenters. The lowest BCUT2D eigenvalue weighted by molar-refractivity contribution is -0.120. The number of nitrogens with zero attached hydrogens (tertiary/aromatic N) is 2. The summed E-state index contributed by atoms with van der Waals surface area (Å²) in [6, 6.07) is 0. The standard InChI is InChI=1S/C10H16N4OS/c11-2-1-3-12-9(15)6-8-7-16-10-13-4-5-14(8)10/h7H,1-6,11H2,(H,12,15). The molecule has 0 spiro atoms. The number of fused-ring (bicyclic) bond motifs is 1. The van der Waals surface area contributed by atoms with Gasteiger partial charge in [0.15, 0.2) is 5.17 Å². The molecule has 2 aliphatic heterocycles. The summed E-state index contributed by atoms with van der Waals surface area (Å²) in [6.45, 7) is 3.02. The van der Waals surface area contributed by atoms with Crippen LogP contribution in [0.25, 0.3) is 0 Å². The molecule has 0 bridgehead atoms. The fourth-order valence-electron chi connectivity index (χ4n) is 1.67. The molecule has 0 radical (unpaired) electrons. The van der Waals surface area contributed by atoms with Crippen molar-refractivity contribution in [3.63, 3.8) is 0 Å². The number of amidine groups is 1. The number of rotatable bonds is 5. The molecule has 0 aromatic carbocycles. The molecular weight excluding hydrogens is 224 g/mol. The first kappa shape index (κ1) is 11.5. The zero-order valence-electron chi connectivity index (χ0n) is 9.11. The van der Waals surface area contributed by atoms with Crippen molar-refractivity contribution in [2.45, 2.75) is 12.8 Å². The Morgan fingerprint density at radius 2 is 2.56 bits per heavy atom. The number of carbonyl (C=O) groups is 1. The molecule has 2 aliphatic rings. The number of aliphatic imine (C=N–C) groups is 1. The molecule has 0 fully saturated rings. The highest BCUT2D eigenvalue weighted by atomic mass is 32.2. The lowest BCUT2D eigenvalue weighted by atomic mass is 10.3. The average Bonchev–Trinajstić information content (AvgIpc) is 2.83. The van der Waals surface area contributed by atoms with Crippen molar-refractivity contribution in [2.24, 2.45) is 10.7 Å². The van der Waals surface area contributed by atoms with Crippen LogP contribution in [-0.4, -0.2) is 42.2 Å². The number of hydrogen-bond acceptors (Lipinski definition) is 5. The first-order valence-corrected chi connectivity index (χ1v) is 6.33. The molecule has 0 saturated carbocycles. The van der Waals surface area contributed by atoms with Crippen LogP contribution in [0.1, 0.15) is 12.8 Å². The van der Waals surface area contributed by atoms with Gasteiger partial charge in [0, 0.05) is 18.8 Å². The first-order chi connectivity index (χ1) is 7.81. The Kier molecular flexibility index (Phi) is 3.84. The average molecular weight is 240 g/mol. The van der Waals surface area contributed by atoms with Gasteiger partial charge in [0.2, 0.25) is 5.91 Å². The van der Waals surface area contributed by atoms with Gasteiger partial charge in [0.25, 0.3) is 0 Å². The first-order valence-electron chi connectivity index (χ1n) is 5.45. The highest BCUT2D eigenvalue weighted by Crippen LogP contribution is 2.30. The minimum absolute atomic E-state index is 0.0634. The van der Waals surface area contributed by atoms with E-state index in [-0.39, 0.29) is 5.91 Å². The third kappa shape index (κ3) is 2.56. The Balaban J connectivity index is 1.77. The zero-order chi connectivity index (χ0) is 11.4. The van der Waals surface area contributed by atoms with Gasteiger partial charge in [-0.3, -0.25) is 9.79 Å². The van der Waals surface area contributed by atoms with E-state index in [9.17, 15) is 4.79 Å². The fraction of sp³-hybridized carbons (Fsp3) is 0.600. The minimum Gasteiger partial charge on any atom is -0.356 e. The van der Waals surface area contributed by atoms with Crippen molar-refractivity contribution < 1.29 is 4.79 Å². The number of thioether (sulfide) groups is 1. The highest BCUT2D eigenvalue weighted by molar-refractivity contribution is 8.16. The van der Waals surface area contributed by atoms with E-state index >= 15 is 0 Å². The summed E-state index contributed by atoms with van der Waals surface area (Å²) in [5.41, 5.74) is 6.42. The number of carbonyl (C=O) groups excluding carboxylic acids is 1. The van der Waals surface area contributed by atoms with Crippen molar-refractivity contribution in [1.82, 2.24) is 10.2 Å². The maximum absolute atomic E-state index is 11.6.